The normalized spacial score (nSPS) is 10.6. The summed E-state index contributed by atoms with van der Waals surface area (Å²) in [6.07, 6.45) is 2.50. The number of amides is 1. The van der Waals surface area contributed by atoms with Crippen LogP contribution in [0.1, 0.15) is 34.9 Å². The lowest BCUT2D eigenvalue weighted by atomic mass is 10.3. The number of thioether (sulfide) groups is 1. The highest BCUT2D eigenvalue weighted by Gasteiger charge is 2.12. The second kappa shape index (κ2) is 6.85. The molecule has 0 atom stereocenters. The number of anilines is 1. The Balaban J connectivity index is 2.09. The number of carbonyl (C=O) groups excluding carboxylic acids is 1. The SMILES string of the molecule is CCSc1ccc(C(=O)Nc2sc(CC)nc2C)cn1. The number of thiazole rings is 1. The third-order valence-electron chi connectivity index (χ3n) is 2.66. The summed E-state index contributed by atoms with van der Waals surface area (Å²) in [6, 6.07) is 3.68. The zero-order valence-electron chi connectivity index (χ0n) is 11.8. The topological polar surface area (TPSA) is 54.9 Å². The van der Waals surface area contributed by atoms with E-state index in [1.807, 2.05) is 13.0 Å². The van der Waals surface area contributed by atoms with Crippen LogP contribution in [-0.4, -0.2) is 21.6 Å². The Kier molecular flexibility index (Phi) is 5.14. The van der Waals surface area contributed by atoms with Gasteiger partial charge in [-0.25, -0.2) is 9.97 Å². The minimum absolute atomic E-state index is 0.139. The van der Waals surface area contributed by atoms with Crippen LogP contribution >= 0.6 is 23.1 Å². The van der Waals surface area contributed by atoms with E-state index in [4.69, 9.17) is 0 Å². The molecule has 0 fully saturated rings. The first-order valence-corrected chi connectivity index (χ1v) is 8.30. The predicted molar refractivity (Wildman–Crippen MR) is 84.8 cm³/mol. The Morgan fingerprint density at radius 1 is 1.40 bits per heavy atom. The fourth-order valence-corrected chi connectivity index (χ4v) is 3.13. The smallest absolute Gasteiger partial charge is 0.257 e. The quantitative estimate of drug-likeness (QED) is 0.854. The lowest BCUT2D eigenvalue weighted by Crippen LogP contribution is -2.11. The van der Waals surface area contributed by atoms with Gasteiger partial charge >= 0.3 is 0 Å². The van der Waals surface area contributed by atoms with Crippen LogP contribution in [0.4, 0.5) is 5.00 Å². The molecule has 6 heteroatoms. The lowest BCUT2D eigenvalue weighted by Gasteiger charge is -2.04. The van der Waals surface area contributed by atoms with Crippen LogP contribution < -0.4 is 5.32 Å². The van der Waals surface area contributed by atoms with Crippen LogP contribution in [0.25, 0.3) is 0 Å². The Bertz CT molecular complexity index is 593. The predicted octanol–water partition coefficient (Wildman–Crippen LogP) is 3.77. The van der Waals surface area contributed by atoms with Gasteiger partial charge in [-0.15, -0.1) is 23.1 Å². The zero-order chi connectivity index (χ0) is 14.5. The molecule has 0 radical (unpaired) electrons. The number of aryl methyl sites for hydroxylation is 2. The number of carbonyl (C=O) groups is 1. The van der Waals surface area contributed by atoms with Gasteiger partial charge < -0.3 is 5.32 Å². The number of hydrogen-bond acceptors (Lipinski definition) is 5. The van der Waals surface area contributed by atoms with Crippen molar-refractivity contribution in [1.82, 2.24) is 9.97 Å². The largest absolute Gasteiger partial charge is 0.312 e. The molecule has 0 unspecified atom stereocenters. The van der Waals surface area contributed by atoms with E-state index in [1.165, 1.54) is 11.3 Å². The molecule has 0 aliphatic carbocycles. The number of pyridine rings is 1. The molecule has 0 saturated heterocycles. The van der Waals surface area contributed by atoms with Gasteiger partial charge in [-0.2, -0.15) is 0 Å². The summed E-state index contributed by atoms with van der Waals surface area (Å²) in [5.41, 5.74) is 1.43. The van der Waals surface area contributed by atoms with Gasteiger partial charge in [-0.05, 0) is 31.2 Å². The third-order valence-corrected chi connectivity index (χ3v) is 4.70. The summed E-state index contributed by atoms with van der Waals surface area (Å²) in [6.45, 7) is 6.03. The van der Waals surface area contributed by atoms with E-state index in [9.17, 15) is 4.79 Å². The maximum absolute atomic E-state index is 12.2. The van der Waals surface area contributed by atoms with Gasteiger partial charge in [0.15, 0.2) is 0 Å². The zero-order valence-corrected chi connectivity index (χ0v) is 13.4. The fraction of sp³-hybridized carbons (Fsp3) is 0.357. The first kappa shape index (κ1) is 15.0. The second-order valence-electron chi connectivity index (χ2n) is 4.15. The summed E-state index contributed by atoms with van der Waals surface area (Å²) < 4.78 is 0. The number of rotatable bonds is 5. The van der Waals surface area contributed by atoms with E-state index >= 15 is 0 Å². The first-order chi connectivity index (χ1) is 9.63. The standard InChI is InChI=1S/C14H17N3OS2/c1-4-11-16-9(3)14(20-11)17-13(18)10-6-7-12(15-8-10)19-5-2/h6-8H,4-5H2,1-3H3,(H,17,18). The van der Waals surface area contributed by atoms with Gasteiger partial charge in [0, 0.05) is 6.20 Å². The van der Waals surface area contributed by atoms with Gasteiger partial charge in [0.2, 0.25) is 0 Å². The maximum atomic E-state index is 12.2. The molecule has 0 aromatic carbocycles. The van der Waals surface area contributed by atoms with Crippen molar-refractivity contribution in [3.05, 3.63) is 34.6 Å². The molecule has 106 valence electrons. The molecule has 1 N–H and O–H groups in total. The first-order valence-electron chi connectivity index (χ1n) is 6.50. The molecule has 4 nitrogen and oxygen atoms in total. The van der Waals surface area contributed by atoms with Crippen molar-refractivity contribution in [2.45, 2.75) is 32.2 Å². The Morgan fingerprint density at radius 3 is 2.75 bits per heavy atom. The summed E-state index contributed by atoms with van der Waals surface area (Å²) in [4.78, 5) is 20.8. The number of nitrogens with one attached hydrogen (secondary N) is 1. The van der Waals surface area contributed by atoms with Crippen LogP contribution in [0.3, 0.4) is 0 Å². The average Bonchev–Trinajstić information content (AvgIpc) is 2.80. The van der Waals surface area contributed by atoms with Crippen molar-refractivity contribution in [2.24, 2.45) is 0 Å². The highest BCUT2D eigenvalue weighted by atomic mass is 32.2. The molecule has 2 aromatic heterocycles. The molecular formula is C14H17N3OS2. The molecule has 0 aliphatic rings. The Labute approximate surface area is 127 Å². The highest BCUT2D eigenvalue weighted by Crippen LogP contribution is 2.25. The van der Waals surface area contributed by atoms with Crippen LogP contribution in [0.15, 0.2) is 23.4 Å². The molecule has 2 rings (SSSR count). The number of nitrogens with zero attached hydrogens (tertiary/aromatic N) is 2. The molecular weight excluding hydrogens is 290 g/mol. The average molecular weight is 307 g/mol. The van der Waals surface area contributed by atoms with Crippen LogP contribution in [0.5, 0.6) is 0 Å². The monoisotopic (exact) mass is 307 g/mol. The van der Waals surface area contributed by atoms with Crippen LogP contribution in [-0.2, 0) is 6.42 Å². The van der Waals surface area contributed by atoms with E-state index in [1.54, 1.807) is 24.0 Å². The lowest BCUT2D eigenvalue weighted by molar-refractivity contribution is 0.102. The molecule has 20 heavy (non-hydrogen) atoms. The molecule has 0 saturated carbocycles. The summed E-state index contributed by atoms with van der Waals surface area (Å²) in [5, 5.41) is 5.69. The molecule has 1 amide bonds. The third kappa shape index (κ3) is 3.58. The molecule has 0 bridgehead atoms. The van der Waals surface area contributed by atoms with E-state index in [0.717, 1.165) is 32.9 Å². The van der Waals surface area contributed by atoms with Crippen molar-refractivity contribution >= 4 is 34.0 Å². The van der Waals surface area contributed by atoms with Crippen LogP contribution in [0.2, 0.25) is 0 Å². The van der Waals surface area contributed by atoms with Crippen molar-refractivity contribution in [3.8, 4) is 0 Å². The van der Waals surface area contributed by atoms with Gasteiger partial charge in [0.25, 0.3) is 5.91 Å². The highest BCUT2D eigenvalue weighted by molar-refractivity contribution is 7.99. The van der Waals surface area contributed by atoms with Gasteiger partial charge in [-0.1, -0.05) is 13.8 Å². The maximum Gasteiger partial charge on any atom is 0.257 e. The summed E-state index contributed by atoms with van der Waals surface area (Å²) >= 11 is 3.18. The van der Waals surface area contributed by atoms with Gasteiger partial charge in [0.1, 0.15) is 5.00 Å². The molecule has 0 aliphatic heterocycles. The second-order valence-corrected chi connectivity index (χ2v) is 6.52. The minimum atomic E-state index is -0.139. The summed E-state index contributed by atoms with van der Waals surface area (Å²) in [5.74, 6) is 0.832. The van der Waals surface area contributed by atoms with E-state index in [-0.39, 0.29) is 5.91 Å². The fourth-order valence-electron chi connectivity index (χ4n) is 1.64. The number of hydrogen-bond donors (Lipinski definition) is 1. The minimum Gasteiger partial charge on any atom is -0.312 e. The van der Waals surface area contributed by atoms with Gasteiger partial charge in [-0.3, -0.25) is 4.79 Å². The van der Waals surface area contributed by atoms with Crippen molar-refractivity contribution in [2.75, 3.05) is 11.1 Å². The molecule has 2 aromatic rings. The van der Waals surface area contributed by atoms with Crippen molar-refractivity contribution in [3.63, 3.8) is 0 Å². The Morgan fingerprint density at radius 2 is 2.20 bits per heavy atom. The summed E-state index contributed by atoms with van der Waals surface area (Å²) in [7, 11) is 0. The van der Waals surface area contributed by atoms with E-state index in [2.05, 4.69) is 29.1 Å². The molecule has 2 heterocycles. The van der Waals surface area contributed by atoms with Crippen LogP contribution in [0, 0.1) is 6.92 Å². The Hall–Kier alpha value is -1.40. The van der Waals surface area contributed by atoms with Crippen molar-refractivity contribution < 1.29 is 4.79 Å². The van der Waals surface area contributed by atoms with Gasteiger partial charge in [0.05, 0.1) is 21.3 Å². The van der Waals surface area contributed by atoms with E-state index in [0.29, 0.717) is 5.56 Å². The van der Waals surface area contributed by atoms with E-state index < -0.39 is 0 Å². The number of aromatic nitrogens is 2. The molecule has 0 spiro atoms. The van der Waals surface area contributed by atoms with Crippen molar-refractivity contribution in [1.29, 1.82) is 0 Å².